The number of furan rings is 1. The van der Waals surface area contributed by atoms with Gasteiger partial charge >= 0.3 is 0 Å². The third-order valence-electron chi connectivity index (χ3n) is 2.90. The van der Waals surface area contributed by atoms with E-state index in [0.717, 1.165) is 6.07 Å². The second-order valence-corrected chi connectivity index (χ2v) is 5.08. The molecule has 2 nitrogen and oxygen atoms in total. The molecule has 3 rings (SSSR count). The Morgan fingerprint density at radius 1 is 1.05 bits per heavy atom. The number of hydrogen-bond donors (Lipinski definition) is 0. The number of carbonyl (C=O) groups is 1. The van der Waals surface area contributed by atoms with E-state index in [1.165, 1.54) is 30.3 Å². The van der Waals surface area contributed by atoms with Gasteiger partial charge < -0.3 is 4.42 Å². The van der Waals surface area contributed by atoms with Crippen molar-refractivity contribution in [2.75, 3.05) is 0 Å². The lowest BCUT2D eigenvalue weighted by Crippen LogP contribution is -2.00. The van der Waals surface area contributed by atoms with Crippen molar-refractivity contribution < 1.29 is 18.0 Å². The van der Waals surface area contributed by atoms with E-state index in [-0.39, 0.29) is 21.4 Å². The predicted molar refractivity (Wildman–Crippen MR) is 73.7 cm³/mol. The van der Waals surface area contributed by atoms with E-state index in [0.29, 0.717) is 5.39 Å². The highest BCUT2D eigenvalue weighted by Gasteiger charge is 2.17. The Balaban J connectivity index is 2.08. The van der Waals surface area contributed by atoms with E-state index in [9.17, 15) is 13.6 Å². The van der Waals surface area contributed by atoms with Crippen LogP contribution in [0.15, 0.2) is 51.4 Å². The van der Waals surface area contributed by atoms with Gasteiger partial charge in [0.1, 0.15) is 5.82 Å². The van der Waals surface area contributed by atoms with Crippen molar-refractivity contribution >= 4 is 32.7 Å². The molecule has 20 heavy (non-hydrogen) atoms. The first-order valence-electron chi connectivity index (χ1n) is 5.74. The second kappa shape index (κ2) is 4.83. The molecule has 100 valence electrons. The molecule has 0 spiro atoms. The van der Waals surface area contributed by atoms with Crippen molar-refractivity contribution in [3.05, 3.63) is 69.9 Å². The fourth-order valence-corrected chi connectivity index (χ4v) is 2.17. The van der Waals surface area contributed by atoms with Crippen LogP contribution in [-0.2, 0) is 0 Å². The largest absolute Gasteiger partial charge is 0.449 e. The van der Waals surface area contributed by atoms with Crippen LogP contribution in [0.1, 0.15) is 16.1 Å². The maximum Gasteiger partial charge on any atom is 0.228 e. The lowest BCUT2D eigenvalue weighted by atomic mass is 10.1. The normalized spacial score (nSPS) is 10.9. The predicted octanol–water partition coefficient (Wildman–Crippen LogP) is 4.70. The van der Waals surface area contributed by atoms with E-state index >= 15 is 0 Å². The number of carbonyl (C=O) groups excluding carboxylic acids is 1. The summed E-state index contributed by atoms with van der Waals surface area (Å²) in [5.41, 5.74) is 0.165. The number of rotatable bonds is 2. The molecule has 0 unspecified atom stereocenters. The van der Waals surface area contributed by atoms with E-state index in [1.807, 2.05) is 0 Å². The van der Waals surface area contributed by atoms with Crippen LogP contribution in [0.5, 0.6) is 0 Å². The molecule has 0 bridgehead atoms. The van der Waals surface area contributed by atoms with Crippen molar-refractivity contribution in [2.24, 2.45) is 0 Å². The summed E-state index contributed by atoms with van der Waals surface area (Å²) < 4.78 is 32.4. The molecule has 5 heteroatoms. The van der Waals surface area contributed by atoms with Crippen LogP contribution < -0.4 is 0 Å². The molecule has 0 aliphatic rings. The highest BCUT2D eigenvalue weighted by molar-refractivity contribution is 9.10. The molecule has 3 aromatic rings. The quantitative estimate of drug-likeness (QED) is 0.634. The highest BCUT2D eigenvalue weighted by Crippen LogP contribution is 2.25. The summed E-state index contributed by atoms with van der Waals surface area (Å²) in [5, 5.41) is 0.492. The summed E-state index contributed by atoms with van der Waals surface area (Å²) in [6.45, 7) is 0. The molecule has 0 atom stereocenters. The minimum Gasteiger partial charge on any atom is -0.449 e. The highest BCUT2D eigenvalue weighted by atomic mass is 79.9. The van der Waals surface area contributed by atoms with E-state index < -0.39 is 17.4 Å². The number of hydrogen-bond acceptors (Lipinski definition) is 2. The Labute approximate surface area is 121 Å². The molecule has 0 radical (unpaired) electrons. The molecule has 0 saturated carbocycles. The zero-order valence-corrected chi connectivity index (χ0v) is 11.6. The summed E-state index contributed by atoms with van der Waals surface area (Å²) in [4.78, 5) is 12.2. The Bertz CT molecular complexity index is 824. The van der Waals surface area contributed by atoms with Crippen LogP contribution in [0.3, 0.4) is 0 Å². The van der Waals surface area contributed by atoms with Crippen molar-refractivity contribution in [1.29, 1.82) is 0 Å². The smallest absolute Gasteiger partial charge is 0.228 e. The van der Waals surface area contributed by atoms with E-state index in [4.69, 9.17) is 4.42 Å². The maximum absolute atomic E-state index is 13.5. The van der Waals surface area contributed by atoms with Crippen LogP contribution >= 0.6 is 15.9 Å². The van der Waals surface area contributed by atoms with Crippen molar-refractivity contribution in [3.63, 3.8) is 0 Å². The van der Waals surface area contributed by atoms with Crippen LogP contribution in [0.4, 0.5) is 8.78 Å². The average Bonchev–Trinajstić information content (AvgIpc) is 2.86. The Kier molecular flexibility index (Phi) is 3.14. The average molecular weight is 337 g/mol. The summed E-state index contributed by atoms with van der Waals surface area (Å²) >= 11 is 3.01. The van der Waals surface area contributed by atoms with Crippen molar-refractivity contribution in [2.45, 2.75) is 0 Å². The van der Waals surface area contributed by atoms with Gasteiger partial charge in [-0.15, -0.1) is 0 Å². The molecular weight excluding hydrogens is 330 g/mol. The fraction of sp³-hybridized carbons (Fsp3) is 0. The Hall–Kier alpha value is -2.01. The van der Waals surface area contributed by atoms with Gasteiger partial charge in [-0.05, 0) is 46.3 Å². The van der Waals surface area contributed by atoms with Crippen LogP contribution in [0, 0.1) is 11.6 Å². The zero-order chi connectivity index (χ0) is 14.3. The van der Waals surface area contributed by atoms with E-state index in [2.05, 4.69) is 15.9 Å². The molecule has 0 fully saturated rings. The number of benzene rings is 2. The van der Waals surface area contributed by atoms with Gasteiger partial charge in [-0.1, -0.05) is 12.1 Å². The van der Waals surface area contributed by atoms with Crippen LogP contribution in [0.25, 0.3) is 11.0 Å². The van der Waals surface area contributed by atoms with Gasteiger partial charge in [0.25, 0.3) is 0 Å². The molecule has 2 aromatic carbocycles. The minimum absolute atomic E-state index is 0.0215. The van der Waals surface area contributed by atoms with Gasteiger partial charge in [-0.2, -0.15) is 0 Å². The SMILES string of the molecule is O=C(c1ccc(Br)c(F)c1)c1cc2cccc(F)c2o1. The molecular formula is C15H7BrF2O2. The summed E-state index contributed by atoms with van der Waals surface area (Å²) in [6, 6.07) is 9.88. The molecule has 1 heterocycles. The van der Waals surface area contributed by atoms with Gasteiger partial charge in [0.2, 0.25) is 5.78 Å². The minimum atomic E-state index is -0.543. The molecule has 0 saturated heterocycles. The summed E-state index contributed by atoms with van der Waals surface area (Å²) in [6.07, 6.45) is 0. The van der Waals surface area contributed by atoms with Crippen molar-refractivity contribution in [3.8, 4) is 0 Å². The maximum atomic E-state index is 13.5. The van der Waals surface area contributed by atoms with Crippen molar-refractivity contribution in [1.82, 2.24) is 0 Å². The topological polar surface area (TPSA) is 30.2 Å². The van der Waals surface area contributed by atoms with Gasteiger partial charge in [-0.25, -0.2) is 8.78 Å². The third kappa shape index (κ3) is 2.14. The van der Waals surface area contributed by atoms with Crippen LogP contribution in [-0.4, -0.2) is 5.78 Å². The van der Waals surface area contributed by atoms with Crippen LogP contribution in [0.2, 0.25) is 0 Å². The Morgan fingerprint density at radius 3 is 2.55 bits per heavy atom. The molecule has 0 aliphatic carbocycles. The van der Waals surface area contributed by atoms with E-state index in [1.54, 1.807) is 6.07 Å². The summed E-state index contributed by atoms with van der Waals surface area (Å²) in [5.74, 6) is -1.60. The number of halogens is 3. The summed E-state index contributed by atoms with van der Waals surface area (Å²) in [7, 11) is 0. The third-order valence-corrected chi connectivity index (χ3v) is 3.54. The van der Waals surface area contributed by atoms with Gasteiger partial charge in [0.15, 0.2) is 17.2 Å². The first-order valence-corrected chi connectivity index (χ1v) is 6.53. The molecule has 0 amide bonds. The molecule has 1 aromatic heterocycles. The lowest BCUT2D eigenvalue weighted by molar-refractivity contribution is 0.101. The fourth-order valence-electron chi connectivity index (χ4n) is 1.92. The Morgan fingerprint density at radius 2 is 1.85 bits per heavy atom. The number of para-hydroxylation sites is 1. The first kappa shape index (κ1) is 13.0. The van der Waals surface area contributed by atoms with Gasteiger partial charge in [0.05, 0.1) is 4.47 Å². The first-order chi connectivity index (χ1) is 9.56. The lowest BCUT2D eigenvalue weighted by Gasteiger charge is -1.99. The second-order valence-electron chi connectivity index (χ2n) is 4.23. The zero-order valence-electron chi connectivity index (χ0n) is 9.99. The van der Waals surface area contributed by atoms with Gasteiger partial charge in [-0.3, -0.25) is 4.79 Å². The molecule has 0 N–H and O–H groups in total. The molecule has 0 aliphatic heterocycles. The number of fused-ring (bicyclic) bond motifs is 1. The standard InChI is InChI=1S/C15H7BrF2O2/c16-10-5-4-8(6-12(10)18)14(19)13-7-9-2-1-3-11(17)15(9)20-13/h1-7H. The number of ketones is 1. The van der Waals surface area contributed by atoms with Gasteiger partial charge in [0, 0.05) is 10.9 Å². The monoisotopic (exact) mass is 336 g/mol.